The van der Waals surface area contributed by atoms with Crippen LogP contribution < -0.4 is 5.32 Å². The molecule has 2 heterocycles. The van der Waals surface area contributed by atoms with E-state index < -0.39 is 0 Å². The van der Waals surface area contributed by atoms with E-state index >= 15 is 0 Å². The lowest BCUT2D eigenvalue weighted by atomic mass is 10.2. The molecule has 0 fully saturated rings. The molecule has 1 aromatic heterocycles. The molecule has 0 aliphatic carbocycles. The Morgan fingerprint density at radius 2 is 1.69 bits per heavy atom. The molecule has 6 heteroatoms. The minimum atomic E-state index is -0.0548. The molecule has 144 valence electrons. The van der Waals surface area contributed by atoms with Crippen LogP contribution in [0.25, 0.3) is 0 Å². The van der Waals surface area contributed by atoms with E-state index in [1.165, 1.54) is 11.8 Å². The zero-order chi connectivity index (χ0) is 20.1. The van der Waals surface area contributed by atoms with Crippen LogP contribution in [0.15, 0.2) is 82.9 Å². The number of carbonyl (C=O) groups excluding carboxylic acids is 1. The molecule has 0 atom stereocenters. The Morgan fingerprint density at radius 3 is 2.45 bits per heavy atom. The van der Waals surface area contributed by atoms with Crippen molar-refractivity contribution in [1.82, 2.24) is 4.98 Å². The fourth-order valence-corrected chi connectivity index (χ4v) is 3.74. The first-order chi connectivity index (χ1) is 14.2. The Hall–Kier alpha value is -3.25. The van der Waals surface area contributed by atoms with Gasteiger partial charge in [-0.3, -0.25) is 9.78 Å². The molecule has 0 spiro atoms. The average molecular weight is 401 g/mol. The summed E-state index contributed by atoms with van der Waals surface area (Å²) in [7, 11) is 0. The van der Waals surface area contributed by atoms with Crippen molar-refractivity contribution < 1.29 is 4.79 Å². The molecule has 29 heavy (non-hydrogen) atoms. The van der Waals surface area contributed by atoms with Gasteiger partial charge in [0.25, 0.3) is 0 Å². The number of para-hydroxylation sites is 3. The molecule has 0 bridgehead atoms. The van der Waals surface area contributed by atoms with E-state index in [9.17, 15) is 4.79 Å². The van der Waals surface area contributed by atoms with Crippen LogP contribution >= 0.6 is 11.8 Å². The highest BCUT2D eigenvalue weighted by molar-refractivity contribution is 8.14. The largest absolute Gasteiger partial charge is 0.325 e. The van der Waals surface area contributed by atoms with Crippen molar-refractivity contribution in [3.05, 3.63) is 84.2 Å². The number of amides is 1. The standard InChI is InChI=1S/C23H20N4OS/c1-16-8-2-3-9-17(16)26-22(28)15-29-23-14-21(18-10-6-7-13-24-18)25-19-11-4-5-12-20(19)27-23/h2-13H,14-15H2,1H3,(H,26,28). The van der Waals surface area contributed by atoms with Gasteiger partial charge < -0.3 is 5.32 Å². The Bertz CT molecular complexity index is 1090. The quantitative estimate of drug-likeness (QED) is 0.645. The maximum Gasteiger partial charge on any atom is 0.234 e. The number of hydrogen-bond donors (Lipinski definition) is 1. The van der Waals surface area contributed by atoms with Crippen LogP contribution in [-0.2, 0) is 4.79 Å². The minimum Gasteiger partial charge on any atom is -0.325 e. The zero-order valence-corrected chi connectivity index (χ0v) is 16.8. The molecule has 1 aliphatic rings. The minimum absolute atomic E-state index is 0.0548. The van der Waals surface area contributed by atoms with Gasteiger partial charge >= 0.3 is 0 Å². The SMILES string of the molecule is Cc1ccccc1NC(=O)CSC1=Nc2ccccc2N=C(c2ccccn2)C1. The van der Waals surface area contributed by atoms with Crippen molar-refractivity contribution in [3.8, 4) is 0 Å². The number of nitrogens with zero attached hydrogens (tertiary/aromatic N) is 3. The van der Waals surface area contributed by atoms with Gasteiger partial charge in [0.1, 0.15) is 0 Å². The Morgan fingerprint density at radius 1 is 0.966 bits per heavy atom. The summed E-state index contributed by atoms with van der Waals surface area (Å²) < 4.78 is 0. The smallest absolute Gasteiger partial charge is 0.234 e. The van der Waals surface area contributed by atoms with Crippen LogP contribution in [0.1, 0.15) is 17.7 Å². The third-order valence-corrected chi connectivity index (χ3v) is 5.43. The molecular formula is C23H20N4OS. The first-order valence-corrected chi connectivity index (χ1v) is 10.3. The molecule has 1 N–H and O–H groups in total. The van der Waals surface area contributed by atoms with E-state index in [2.05, 4.69) is 10.3 Å². The normalized spacial score (nSPS) is 13.0. The molecule has 0 unspecified atom stereocenters. The third kappa shape index (κ3) is 4.78. The molecule has 5 nitrogen and oxygen atoms in total. The van der Waals surface area contributed by atoms with Gasteiger partial charge in [-0.15, -0.1) is 11.8 Å². The predicted octanol–water partition coefficient (Wildman–Crippen LogP) is 5.32. The van der Waals surface area contributed by atoms with Gasteiger partial charge in [0.15, 0.2) is 0 Å². The van der Waals surface area contributed by atoms with Crippen molar-refractivity contribution >= 4 is 45.5 Å². The maximum atomic E-state index is 12.5. The van der Waals surface area contributed by atoms with E-state index in [1.807, 2.05) is 73.7 Å². The first-order valence-electron chi connectivity index (χ1n) is 9.33. The van der Waals surface area contributed by atoms with Crippen LogP contribution in [-0.4, -0.2) is 27.4 Å². The lowest BCUT2D eigenvalue weighted by molar-refractivity contribution is -0.113. The molecule has 1 amide bonds. The number of rotatable bonds is 4. The van der Waals surface area contributed by atoms with Crippen LogP contribution in [0.5, 0.6) is 0 Å². The van der Waals surface area contributed by atoms with Crippen LogP contribution in [0, 0.1) is 6.92 Å². The summed E-state index contributed by atoms with van der Waals surface area (Å²) in [4.78, 5) is 26.5. The Kier molecular flexibility index (Phi) is 5.81. The summed E-state index contributed by atoms with van der Waals surface area (Å²) in [6, 6.07) is 21.3. The first kappa shape index (κ1) is 19.1. The monoisotopic (exact) mass is 400 g/mol. The number of thioether (sulfide) groups is 1. The number of benzene rings is 2. The van der Waals surface area contributed by atoms with Gasteiger partial charge in [-0.25, -0.2) is 9.98 Å². The third-order valence-electron chi connectivity index (χ3n) is 4.45. The van der Waals surface area contributed by atoms with E-state index in [1.54, 1.807) is 6.20 Å². The highest BCUT2D eigenvalue weighted by atomic mass is 32.2. The summed E-state index contributed by atoms with van der Waals surface area (Å²) in [5.74, 6) is 0.228. The number of aliphatic imine (C=N–C) groups is 2. The summed E-state index contributed by atoms with van der Waals surface area (Å²) in [5, 5.41) is 3.82. The van der Waals surface area contributed by atoms with Crippen molar-refractivity contribution in [2.45, 2.75) is 13.3 Å². The summed E-state index contributed by atoms with van der Waals surface area (Å²) in [5.41, 5.74) is 5.16. The van der Waals surface area contributed by atoms with Crippen molar-refractivity contribution in [3.63, 3.8) is 0 Å². The fourth-order valence-electron chi connectivity index (χ4n) is 2.97. The number of aromatic nitrogens is 1. The average Bonchev–Trinajstić information content (AvgIpc) is 2.94. The lowest BCUT2D eigenvalue weighted by Crippen LogP contribution is -2.17. The lowest BCUT2D eigenvalue weighted by Gasteiger charge is -2.09. The summed E-state index contributed by atoms with van der Waals surface area (Å²) >= 11 is 1.44. The van der Waals surface area contributed by atoms with Crippen LogP contribution in [0.4, 0.5) is 17.1 Å². The topological polar surface area (TPSA) is 66.7 Å². The van der Waals surface area contributed by atoms with Crippen molar-refractivity contribution in [2.24, 2.45) is 9.98 Å². The van der Waals surface area contributed by atoms with E-state index in [0.717, 1.165) is 39.1 Å². The van der Waals surface area contributed by atoms with Gasteiger partial charge in [0.05, 0.1) is 33.6 Å². The number of hydrogen-bond acceptors (Lipinski definition) is 5. The van der Waals surface area contributed by atoms with Gasteiger partial charge in [-0.2, -0.15) is 0 Å². The number of nitrogens with one attached hydrogen (secondary N) is 1. The Labute approximate surface area is 174 Å². The van der Waals surface area contributed by atoms with Crippen LogP contribution in [0.2, 0.25) is 0 Å². The van der Waals surface area contributed by atoms with E-state index in [4.69, 9.17) is 9.98 Å². The fraction of sp³-hybridized carbons (Fsp3) is 0.130. The predicted molar refractivity (Wildman–Crippen MR) is 121 cm³/mol. The number of aryl methyl sites for hydroxylation is 1. The number of fused-ring (bicyclic) bond motifs is 1. The number of pyridine rings is 1. The second-order valence-electron chi connectivity index (χ2n) is 6.60. The Balaban J connectivity index is 1.52. The molecule has 3 aromatic rings. The summed E-state index contributed by atoms with van der Waals surface area (Å²) in [6.07, 6.45) is 2.29. The second kappa shape index (κ2) is 8.84. The van der Waals surface area contributed by atoms with Gasteiger partial charge in [0, 0.05) is 18.3 Å². The molecular weight excluding hydrogens is 380 g/mol. The molecule has 1 aliphatic heterocycles. The van der Waals surface area contributed by atoms with E-state index in [0.29, 0.717) is 6.42 Å². The summed E-state index contributed by atoms with van der Waals surface area (Å²) in [6.45, 7) is 1.98. The van der Waals surface area contributed by atoms with Gasteiger partial charge in [-0.05, 0) is 42.8 Å². The zero-order valence-electron chi connectivity index (χ0n) is 16.0. The molecule has 2 aromatic carbocycles. The highest BCUT2D eigenvalue weighted by Gasteiger charge is 2.17. The number of carbonyl (C=O) groups is 1. The molecule has 0 saturated heterocycles. The molecule has 4 rings (SSSR count). The van der Waals surface area contributed by atoms with Crippen LogP contribution in [0.3, 0.4) is 0 Å². The van der Waals surface area contributed by atoms with Crippen molar-refractivity contribution in [2.75, 3.05) is 11.1 Å². The molecule has 0 radical (unpaired) electrons. The highest BCUT2D eigenvalue weighted by Crippen LogP contribution is 2.33. The second-order valence-corrected chi connectivity index (χ2v) is 7.64. The van der Waals surface area contributed by atoms with Gasteiger partial charge in [0.2, 0.25) is 5.91 Å². The van der Waals surface area contributed by atoms with Gasteiger partial charge in [-0.1, -0.05) is 36.4 Å². The van der Waals surface area contributed by atoms with Crippen molar-refractivity contribution in [1.29, 1.82) is 0 Å². The van der Waals surface area contributed by atoms with E-state index in [-0.39, 0.29) is 11.7 Å². The maximum absolute atomic E-state index is 12.5. The number of anilines is 1. The molecule has 0 saturated carbocycles.